The van der Waals surface area contributed by atoms with Gasteiger partial charge < -0.3 is 14.5 Å². The van der Waals surface area contributed by atoms with Crippen molar-refractivity contribution < 1.29 is 13.9 Å². The molecule has 0 unspecified atom stereocenters. The average Bonchev–Trinajstić information content (AvgIpc) is 3.39. The van der Waals surface area contributed by atoms with E-state index in [0.717, 1.165) is 22.4 Å². The number of hydrogen-bond donors (Lipinski definition) is 1. The second-order valence-electron chi connectivity index (χ2n) is 7.61. The van der Waals surface area contributed by atoms with E-state index in [2.05, 4.69) is 41.6 Å². The lowest BCUT2D eigenvalue weighted by Gasteiger charge is -2.10. The second kappa shape index (κ2) is 8.92. The first-order chi connectivity index (χ1) is 15.0. The third-order valence-electron chi connectivity index (χ3n) is 5.00. The maximum Gasteiger partial charge on any atom is 0.292 e. The van der Waals surface area contributed by atoms with Gasteiger partial charge in [-0.1, -0.05) is 48.0 Å². The number of benzene rings is 2. The summed E-state index contributed by atoms with van der Waals surface area (Å²) in [4.78, 5) is 12.5. The Bertz CT molecular complexity index is 1170. The van der Waals surface area contributed by atoms with Gasteiger partial charge in [0.05, 0.1) is 6.54 Å². The number of carbonyl (C=O) groups excluding carboxylic acids is 1. The van der Waals surface area contributed by atoms with Crippen LogP contribution in [0.15, 0.2) is 71.3 Å². The molecule has 1 N–H and O–H groups in total. The lowest BCUT2D eigenvalue weighted by Crippen LogP contribution is -2.12. The van der Waals surface area contributed by atoms with Crippen LogP contribution in [0.3, 0.4) is 0 Å². The average molecular weight is 415 g/mol. The highest BCUT2D eigenvalue weighted by Crippen LogP contribution is 2.24. The molecule has 2 aromatic heterocycles. The zero-order valence-electron chi connectivity index (χ0n) is 17.9. The first-order valence-corrected chi connectivity index (χ1v) is 10.2. The number of nitrogens with zero attached hydrogens (tertiary/aromatic N) is 2. The molecule has 2 heterocycles. The maximum absolute atomic E-state index is 12.5. The number of hydrogen-bond acceptors (Lipinski definition) is 4. The summed E-state index contributed by atoms with van der Waals surface area (Å²) in [6.45, 7) is 6.95. The quantitative estimate of drug-likeness (QED) is 0.446. The van der Waals surface area contributed by atoms with Gasteiger partial charge in [0, 0.05) is 12.3 Å². The zero-order valence-corrected chi connectivity index (χ0v) is 17.9. The summed E-state index contributed by atoms with van der Waals surface area (Å²) in [5.74, 6) is 1.76. The maximum atomic E-state index is 12.5. The van der Waals surface area contributed by atoms with Crippen molar-refractivity contribution in [2.75, 3.05) is 5.32 Å². The third kappa shape index (κ3) is 5.04. The van der Waals surface area contributed by atoms with E-state index in [9.17, 15) is 4.79 Å². The lowest BCUT2D eigenvalue weighted by atomic mass is 10.1. The molecule has 0 fully saturated rings. The first-order valence-electron chi connectivity index (χ1n) is 10.2. The molecule has 0 atom stereocenters. The van der Waals surface area contributed by atoms with E-state index in [1.807, 2.05) is 38.2 Å². The van der Waals surface area contributed by atoms with E-state index < -0.39 is 0 Å². The Morgan fingerprint density at radius 1 is 1.00 bits per heavy atom. The molecule has 4 aromatic rings. The third-order valence-corrected chi connectivity index (χ3v) is 5.00. The molecule has 158 valence electrons. The fourth-order valence-corrected chi connectivity index (χ4v) is 3.32. The van der Waals surface area contributed by atoms with Gasteiger partial charge in [-0.05, 0) is 49.6 Å². The van der Waals surface area contributed by atoms with E-state index in [-0.39, 0.29) is 18.3 Å². The van der Waals surface area contributed by atoms with E-state index in [0.29, 0.717) is 18.1 Å². The number of anilines is 1. The highest BCUT2D eigenvalue weighted by atomic mass is 16.5. The van der Waals surface area contributed by atoms with Crippen LogP contribution in [-0.4, -0.2) is 15.7 Å². The molecular formula is C25H25N3O3. The number of furan rings is 1. The van der Waals surface area contributed by atoms with Crippen molar-refractivity contribution in [2.45, 2.75) is 33.9 Å². The molecule has 4 rings (SSSR count). The van der Waals surface area contributed by atoms with Crippen LogP contribution in [0.5, 0.6) is 5.75 Å². The molecule has 6 nitrogen and oxygen atoms in total. The minimum atomic E-state index is -0.348. The SMILES string of the molecule is Cc1ccc(Cn2ccc(NC(=O)c3ccc(COc4c(C)cccc4C)o3)n2)cc1. The molecule has 0 aliphatic carbocycles. The van der Waals surface area contributed by atoms with Crippen LogP contribution in [0.2, 0.25) is 0 Å². The predicted octanol–water partition coefficient (Wildman–Crippen LogP) is 5.28. The summed E-state index contributed by atoms with van der Waals surface area (Å²) in [5, 5.41) is 7.19. The molecule has 1 amide bonds. The molecule has 0 aliphatic rings. The lowest BCUT2D eigenvalue weighted by molar-refractivity contribution is 0.0992. The van der Waals surface area contributed by atoms with Crippen molar-refractivity contribution in [1.82, 2.24) is 9.78 Å². The fourth-order valence-electron chi connectivity index (χ4n) is 3.32. The van der Waals surface area contributed by atoms with Crippen LogP contribution < -0.4 is 10.1 Å². The molecule has 0 bridgehead atoms. The molecule has 6 heteroatoms. The number of para-hydroxylation sites is 1. The Balaban J connectivity index is 1.35. The van der Waals surface area contributed by atoms with Crippen molar-refractivity contribution in [3.05, 3.63) is 101 Å². The number of amides is 1. The standard InChI is InChI=1S/C25H25N3O3/c1-17-7-9-20(10-8-17)15-28-14-13-23(27-28)26-25(29)22-12-11-21(31-22)16-30-24-18(2)5-4-6-19(24)3/h4-14H,15-16H2,1-3H3,(H,26,27,29). The summed E-state index contributed by atoms with van der Waals surface area (Å²) >= 11 is 0. The van der Waals surface area contributed by atoms with Crippen LogP contribution in [0, 0.1) is 20.8 Å². The highest BCUT2D eigenvalue weighted by Gasteiger charge is 2.14. The Kier molecular flexibility index (Phi) is 5.89. The number of nitrogens with one attached hydrogen (secondary N) is 1. The van der Waals surface area contributed by atoms with Crippen molar-refractivity contribution in [3.63, 3.8) is 0 Å². The smallest absolute Gasteiger partial charge is 0.292 e. The molecule has 31 heavy (non-hydrogen) atoms. The normalized spacial score (nSPS) is 10.8. The van der Waals surface area contributed by atoms with Crippen molar-refractivity contribution in [1.29, 1.82) is 0 Å². The van der Waals surface area contributed by atoms with Crippen LogP contribution in [0.25, 0.3) is 0 Å². The summed E-state index contributed by atoms with van der Waals surface area (Å²) in [7, 11) is 0. The van der Waals surface area contributed by atoms with Crippen LogP contribution >= 0.6 is 0 Å². The van der Waals surface area contributed by atoms with Crippen molar-refractivity contribution in [3.8, 4) is 5.75 Å². The Hall–Kier alpha value is -3.80. The van der Waals surface area contributed by atoms with E-state index >= 15 is 0 Å². The highest BCUT2D eigenvalue weighted by molar-refractivity contribution is 6.01. The summed E-state index contributed by atoms with van der Waals surface area (Å²) in [5.41, 5.74) is 4.48. The van der Waals surface area contributed by atoms with Crippen molar-refractivity contribution in [2.24, 2.45) is 0 Å². The van der Waals surface area contributed by atoms with Gasteiger partial charge >= 0.3 is 0 Å². The largest absolute Gasteiger partial charge is 0.485 e. The van der Waals surface area contributed by atoms with Gasteiger partial charge in [-0.25, -0.2) is 0 Å². The molecule has 0 radical (unpaired) electrons. The summed E-state index contributed by atoms with van der Waals surface area (Å²) in [6, 6.07) is 19.4. The number of aromatic nitrogens is 2. The van der Waals surface area contributed by atoms with Crippen LogP contribution in [-0.2, 0) is 13.2 Å². The number of ether oxygens (including phenoxy) is 1. The Labute approximate surface area is 181 Å². The molecular weight excluding hydrogens is 390 g/mol. The second-order valence-corrected chi connectivity index (χ2v) is 7.61. The fraction of sp³-hybridized carbons (Fsp3) is 0.200. The van der Waals surface area contributed by atoms with Crippen LogP contribution in [0.1, 0.15) is 38.6 Å². The van der Waals surface area contributed by atoms with Gasteiger partial charge in [0.1, 0.15) is 18.1 Å². The number of carbonyl (C=O) groups is 1. The molecule has 2 aromatic carbocycles. The predicted molar refractivity (Wildman–Crippen MR) is 119 cm³/mol. The minimum Gasteiger partial charge on any atom is -0.485 e. The monoisotopic (exact) mass is 415 g/mol. The van der Waals surface area contributed by atoms with Gasteiger partial charge in [0.15, 0.2) is 11.6 Å². The van der Waals surface area contributed by atoms with Crippen LogP contribution in [0.4, 0.5) is 5.82 Å². The van der Waals surface area contributed by atoms with E-state index in [1.54, 1.807) is 22.9 Å². The topological polar surface area (TPSA) is 69.3 Å². The molecule has 0 saturated carbocycles. The number of aryl methyl sites for hydroxylation is 3. The Morgan fingerprint density at radius 3 is 2.48 bits per heavy atom. The first kappa shape index (κ1) is 20.5. The van der Waals surface area contributed by atoms with E-state index in [4.69, 9.17) is 9.15 Å². The van der Waals surface area contributed by atoms with Gasteiger partial charge in [-0.2, -0.15) is 5.10 Å². The summed E-state index contributed by atoms with van der Waals surface area (Å²) < 4.78 is 13.3. The molecule has 0 spiro atoms. The van der Waals surface area contributed by atoms with Gasteiger partial charge in [-0.3, -0.25) is 9.48 Å². The van der Waals surface area contributed by atoms with Gasteiger partial charge in [0.2, 0.25) is 0 Å². The van der Waals surface area contributed by atoms with E-state index in [1.165, 1.54) is 5.56 Å². The van der Waals surface area contributed by atoms with Gasteiger partial charge in [0.25, 0.3) is 5.91 Å². The molecule has 0 aliphatic heterocycles. The zero-order chi connectivity index (χ0) is 21.8. The minimum absolute atomic E-state index is 0.216. The van der Waals surface area contributed by atoms with Gasteiger partial charge in [-0.15, -0.1) is 0 Å². The van der Waals surface area contributed by atoms with Crippen molar-refractivity contribution >= 4 is 11.7 Å². The molecule has 0 saturated heterocycles. The Morgan fingerprint density at radius 2 is 1.74 bits per heavy atom. The summed E-state index contributed by atoms with van der Waals surface area (Å²) in [6.07, 6.45) is 1.83. The number of rotatable bonds is 7.